The lowest BCUT2D eigenvalue weighted by molar-refractivity contribution is 0.220. The summed E-state index contributed by atoms with van der Waals surface area (Å²) in [4.78, 5) is 27.9. The predicted molar refractivity (Wildman–Crippen MR) is 141 cm³/mol. The van der Waals surface area contributed by atoms with Gasteiger partial charge in [-0.1, -0.05) is 6.42 Å². The van der Waals surface area contributed by atoms with Crippen molar-refractivity contribution in [3.05, 3.63) is 66.6 Å². The molecule has 0 unspecified atom stereocenters. The fraction of sp³-hybridized carbons (Fsp3) is 0.259. The van der Waals surface area contributed by atoms with Gasteiger partial charge in [-0.15, -0.1) is 0 Å². The van der Waals surface area contributed by atoms with Crippen LogP contribution in [-0.2, 0) is 6.54 Å². The van der Waals surface area contributed by atoms with E-state index < -0.39 is 5.82 Å². The number of aromatic nitrogens is 9. The van der Waals surface area contributed by atoms with E-state index in [9.17, 15) is 0 Å². The van der Waals surface area contributed by atoms with E-state index >= 15 is 4.39 Å². The number of likely N-dealkylation sites (tertiary alicyclic amines) is 1. The molecule has 190 valence electrons. The SMILES string of the molecule is Cc1cn(-c2cncc3[nH]c(-c4n[nH]c5cnc(-c6cncc(CN7CCCCC7)c6)c(F)c45)nc23)cn1. The van der Waals surface area contributed by atoms with Gasteiger partial charge in [0.15, 0.2) is 11.6 Å². The number of halogens is 1. The fourth-order valence-corrected chi connectivity index (χ4v) is 5.20. The molecule has 0 aliphatic carbocycles. The molecule has 7 rings (SSSR count). The van der Waals surface area contributed by atoms with Gasteiger partial charge in [0.1, 0.15) is 16.9 Å². The molecule has 7 heterocycles. The lowest BCUT2D eigenvalue weighted by Crippen LogP contribution is -2.29. The molecular weight excluding hydrogens is 483 g/mol. The van der Waals surface area contributed by atoms with Crippen molar-refractivity contribution in [2.75, 3.05) is 13.1 Å². The molecule has 1 fully saturated rings. The van der Waals surface area contributed by atoms with Gasteiger partial charge in [-0.05, 0) is 44.5 Å². The van der Waals surface area contributed by atoms with Gasteiger partial charge in [-0.2, -0.15) is 5.10 Å². The number of imidazole rings is 2. The summed E-state index contributed by atoms with van der Waals surface area (Å²) in [6.07, 6.45) is 15.8. The van der Waals surface area contributed by atoms with Crippen molar-refractivity contribution in [3.63, 3.8) is 0 Å². The molecule has 2 N–H and O–H groups in total. The topological polar surface area (TPSA) is 117 Å². The third-order valence-corrected chi connectivity index (χ3v) is 7.06. The number of aromatic amines is 2. The van der Waals surface area contributed by atoms with Crippen LogP contribution in [0.15, 0.2) is 49.6 Å². The monoisotopic (exact) mass is 508 g/mol. The van der Waals surface area contributed by atoms with E-state index in [-0.39, 0.29) is 5.69 Å². The zero-order valence-corrected chi connectivity index (χ0v) is 20.8. The van der Waals surface area contributed by atoms with Crippen molar-refractivity contribution >= 4 is 21.9 Å². The molecule has 0 spiro atoms. The molecule has 6 aromatic rings. The van der Waals surface area contributed by atoms with Crippen molar-refractivity contribution in [1.29, 1.82) is 0 Å². The first kappa shape index (κ1) is 22.7. The van der Waals surface area contributed by atoms with Gasteiger partial charge in [0.2, 0.25) is 0 Å². The third-order valence-electron chi connectivity index (χ3n) is 7.06. The second-order valence-corrected chi connectivity index (χ2v) is 9.76. The zero-order chi connectivity index (χ0) is 25.6. The van der Waals surface area contributed by atoms with Crippen LogP contribution >= 0.6 is 0 Å². The van der Waals surface area contributed by atoms with Crippen molar-refractivity contribution in [3.8, 4) is 28.5 Å². The Balaban J connectivity index is 1.29. The smallest absolute Gasteiger partial charge is 0.161 e. The molecule has 0 radical (unpaired) electrons. The number of fused-ring (bicyclic) bond motifs is 2. The summed E-state index contributed by atoms with van der Waals surface area (Å²) in [5.74, 6) is -0.0300. The Morgan fingerprint density at radius 3 is 2.66 bits per heavy atom. The Kier molecular flexibility index (Phi) is 5.43. The third kappa shape index (κ3) is 3.91. The molecule has 0 atom stereocenters. The molecule has 6 aromatic heterocycles. The standard InChI is InChI=1S/C27H25FN10/c1-16-13-38(15-32-16)21-12-30-10-20-25(21)34-27(33-20)26-22-19(35-36-26)11-31-24(23(22)28)18-7-17(8-29-9-18)14-37-5-3-2-4-6-37/h7-13,15H,2-6,14H2,1H3,(H,33,34)(H,35,36). The summed E-state index contributed by atoms with van der Waals surface area (Å²) < 4.78 is 18.0. The van der Waals surface area contributed by atoms with Gasteiger partial charge in [0.25, 0.3) is 0 Å². The summed E-state index contributed by atoms with van der Waals surface area (Å²) >= 11 is 0. The predicted octanol–water partition coefficient (Wildman–Crippen LogP) is 4.58. The van der Waals surface area contributed by atoms with Crippen molar-refractivity contribution < 1.29 is 4.39 Å². The van der Waals surface area contributed by atoms with Crippen LogP contribution in [0, 0.1) is 12.7 Å². The molecular formula is C27H25FN10. The number of rotatable bonds is 5. The minimum Gasteiger partial charge on any atom is -0.335 e. The minimum atomic E-state index is -0.466. The number of hydrogen-bond donors (Lipinski definition) is 2. The first-order valence-electron chi connectivity index (χ1n) is 12.7. The van der Waals surface area contributed by atoms with E-state index in [1.54, 1.807) is 31.1 Å². The van der Waals surface area contributed by atoms with Crippen LogP contribution in [0.3, 0.4) is 0 Å². The lowest BCUT2D eigenvalue weighted by Gasteiger charge is -2.26. The molecule has 38 heavy (non-hydrogen) atoms. The van der Waals surface area contributed by atoms with E-state index in [1.165, 1.54) is 19.3 Å². The van der Waals surface area contributed by atoms with Crippen molar-refractivity contribution in [2.45, 2.75) is 32.7 Å². The molecule has 0 amide bonds. The second kappa shape index (κ2) is 9.10. The lowest BCUT2D eigenvalue weighted by atomic mass is 10.1. The molecule has 0 bridgehead atoms. The highest BCUT2D eigenvalue weighted by Gasteiger charge is 2.22. The summed E-state index contributed by atoms with van der Waals surface area (Å²) in [7, 11) is 0. The zero-order valence-electron chi connectivity index (χ0n) is 20.8. The Hall–Kier alpha value is -4.51. The van der Waals surface area contributed by atoms with Crippen LogP contribution in [0.1, 0.15) is 30.5 Å². The quantitative estimate of drug-likeness (QED) is 0.350. The summed E-state index contributed by atoms with van der Waals surface area (Å²) in [5, 5.41) is 7.62. The molecule has 0 aromatic carbocycles. The van der Waals surface area contributed by atoms with Crippen LogP contribution in [0.25, 0.3) is 50.4 Å². The van der Waals surface area contributed by atoms with Gasteiger partial charge in [-0.25, -0.2) is 14.4 Å². The Morgan fingerprint density at radius 1 is 0.947 bits per heavy atom. The maximum Gasteiger partial charge on any atom is 0.161 e. The molecule has 1 saturated heterocycles. The van der Waals surface area contributed by atoms with E-state index in [1.807, 2.05) is 30.0 Å². The van der Waals surface area contributed by atoms with E-state index in [2.05, 4.69) is 40.0 Å². The average molecular weight is 509 g/mol. The van der Waals surface area contributed by atoms with Crippen LogP contribution in [0.2, 0.25) is 0 Å². The number of piperidine rings is 1. The number of aryl methyl sites for hydroxylation is 1. The highest BCUT2D eigenvalue weighted by Crippen LogP contribution is 2.33. The van der Waals surface area contributed by atoms with E-state index in [0.717, 1.165) is 36.6 Å². The largest absolute Gasteiger partial charge is 0.335 e. The van der Waals surface area contributed by atoms with Gasteiger partial charge in [0.05, 0.1) is 52.7 Å². The Bertz CT molecular complexity index is 1780. The van der Waals surface area contributed by atoms with Crippen LogP contribution in [0.5, 0.6) is 0 Å². The number of H-pyrrole nitrogens is 2. The fourth-order valence-electron chi connectivity index (χ4n) is 5.20. The van der Waals surface area contributed by atoms with E-state index in [0.29, 0.717) is 39.0 Å². The van der Waals surface area contributed by atoms with E-state index in [4.69, 9.17) is 4.98 Å². The molecule has 1 aliphatic rings. The van der Waals surface area contributed by atoms with Crippen LogP contribution < -0.4 is 0 Å². The number of hydrogen-bond acceptors (Lipinski definition) is 7. The first-order chi connectivity index (χ1) is 18.6. The van der Waals surface area contributed by atoms with Gasteiger partial charge in [0, 0.05) is 30.7 Å². The number of nitrogens with one attached hydrogen (secondary N) is 2. The molecule has 1 aliphatic heterocycles. The molecule has 0 saturated carbocycles. The van der Waals surface area contributed by atoms with Crippen molar-refractivity contribution in [1.82, 2.24) is 49.6 Å². The number of nitrogens with zero attached hydrogens (tertiary/aromatic N) is 8. The normalized spacial score (nSPS) is 14.6. The maximum absolute atomic E-state index is 16.1. The van der Waals surface area contributed by atoms with Gasteiger partial charge < -0.3 is 9.55 Å². The highest BCUT2D eigenvalue weighted by molar-refractivity contribution is 5.96. The Morgan fingerprint density at radius 2 is 1.82 bits per heavy atom. The second-order valence-electron chi connectivity index (χ2n) is 9.76. The van der Waals surface area contributed by atoms with Gasteiger partial charge in [-0.3, -0.25) is 25.0 Å². The summed E-state index contributed by atoms with van der Waals surface area (Å²) in [5.41, 5.74) is 5.84. The first-order valence-corrected chi connectivity index (χ1v) is 12.7. The minimum absolute atomic E-state index is 0.237. The number of pyridine rings is 3. The maximum atomic E-state index is 16.1. The van der Waals surface area contributed by atoms with Crippen LogP contribution in [-0.4, -0.2) is 62.7 Å². The average Bonchev–Trinajstić information content (AvgIpc) is 3.67. The van der Waals surface area contributed by atoms with Gasteiger partial charge >= 0.3 is 0 Å². The highest BCUT2D eigenvalue weighted by atomic mass is 19.1. The van der Waals surface area contributed by atoms with Crippen LogP contribution in [0.4, 0.5) is 4.39 Å². The Labute approximate surface area is 217 Å². The molecule has 10 nitrogen and oxygen atoms in total. The van der Waals surface area contributed by atoms with Crippen molar-refractivity contribution in [2.24, 2.45) is 0 Å². The summed E-state index contributed by atoms with van der Waals surface area (Å²) in [6, 6.07) is 1.98. The molecule has 11 heteroatoms. The summed E-state index contributed by atoms with van der Waals surface area (Å²) in [6.45, 7) is 4.88.